The van der Waals surface area contributed by atoms with Gasteiger partial charge in [0.05, 0.1) is 10.9 Å². The van der Waals surface area contributed by atoms with Crippen molar-refractivity contribution >= 4 is 77.3 Å². The van der Waals surface area contributed by atoms with Gasteiger partial charge in [0, 0.05) is 72.3 Å². The van der Waals surface area contributed by atoms with Gasteiger partial charge < -0.3 is 23.5 Å². The predicted octanol–water partition coefficient (Wildman–Crippen LogP) is 19.3. The van der Waals surface area contributed by atoms with Gasteiger partial charge in [-0.1, -0.05) is 201 Å². The molecule has 0 atom stereocenters. The van der Waals surface area contributed by atoms with Crippen LogP contribution < -0.4 is 14.5 Å². The summed E-state index contributed by atoms with van der Waals surface area (Å²) in [5, 5.41) is 6.50. The number of rotatable bonds is 7. The number of aromatic nitrogens is 2. The SMILES string of the molecule is CC(C)(C)c1cc(-c2cccc(-c3ccccc3)c2N2[CH-]N(c3[c-]c(Oc4[c-]c5c(cc4)c4oc6c7ccccc7c7ccccc7c6c4n5-c4cc(C(C)(C)C)ccn4)ccc3)c3ccccc32)cc(C(C)(C)C)c1.[Pt]. The van der Waals surface area contributed by atoms with Crippen LogP contribution >= 0.6 is 0 Å². The summed E-state index contributed by atoms with van der Waals surface area (Å²) in [6.45, 7) is 22.7. The molecule has 0 saturated heterocycles. The number of ether oxygens (including phenoxy) is 1. The van der Waals surface area contributed by atoms with Crippen molar-refractivity contribution in [2.24, 2.45) is 0 Å². The van der Waals surface area contributed by atoms with Crippen molar-refractivity contribution in [2.75, 3.05) is 9.80 Å². The Labute approximate surface area is 465 Å². The number of furan rings is 1. The Morgan fingerprint density at radius 1 is 0.481 bits per heavy atom. The number of fused-ring (bicyclic) bond motifs is 11. The first-order chi connectivity index (χ1) is 36.6. The molecule has 9 aromatic carbocycles. The fraction of sp³-hybridized carbons (Fsp3) is 0.171. The molecule has 0 spiro atoms. The Morgan fingerprint density at radius 2 is 1.06 bits per heavy atom. The maximum absolute atomic E-state index is 7.06. The number of anilines is 4. The van der Waals surface area contributed by atoms with Crippen molar-refractivity contribution < 1.29 is 30.2 Å². The number of hydrogen-bond donors (Lipinski definition) is 0. The molecule has 0 unspecified atom stereocenters. The van der Waals surface area contributed by atoms with Crippen molar-refractivity contribution in [3.63, 3.8) is 0 Å². The second kappa shape index (κ2) is 18.7. The van der Waals surface area contributed by atoms with Gasteiger partial charge in [0.25, 0.3) is 0 Å². The van der Waals surface area contributed by atoms with Gasteiger partial charge >= 0.3 is 0 Å². The minimum absolute atomic E-state index is 0. The van der Waals surface area contributed by atoms with E-state index in [1.807, 2.05) is 24.4 Å². The van der Waals surface area contributed by atoms with Crippen LogP contribution in [0.5, 0.6) is 11.5 Å². The summed E-state index contributed by atoms with van der Waals surface area (Å²) in [4.78, 5) is 9.63. The normalized spacial score (nSPS) is 13.1. The third-order valence-corrected chi connectivity index (χ3v) is 15.2. The Bertz CT molecular complexity index is 4230. The van der Waals surface area contributed by atoms with E-state index in [9.17, 15) is 0 Å². The minimum Gasteiger partial charge on any atom is -0.509 e. The largest absolute Gasteiger partial charge is 0.509 e. The third kappa shape index (κ3) is 8.58. The van der Waals surface area contributed by atoms with Gasteiger partial charge in [0.2, 0.25) is 0 Å². The van der Waals surface area contributed by atoms with E-state index < -0.39 is 0 Å². The fourth-order valence-corrected chi connectivity index (χ4v) is 11.1. The van der Waals surface area contributed by atoms with E-state index in [4.69, 9.17) is 14.1 Å². The van der Waals surface area contributed by atoms with Crippen LogP contribution in [0.15, 0.2) is 193 Å². The van der Waals surface area contributed by atoms with Crippen LogP contribution in [-0.4, -0.2) is 9.55 Å². The molecule has 384 valence electrons. The Balaban J connectivity index is 0.00000596. The van der Waals surface area contributed by atoms with Crippen LogP contribution in [0.25, 0.3) is 82.6 Å². The Kier molecular flexibility index (Phi) is 12.1. The zero-order valence-electron chi connectivity index (χ0n) is 44.9. The maximum atomic E-state index is 7.06. The van der Waals surface area contributed by atoms with Gasteiger partial charge in [0.1, 0.15) is 17.0 Å². The molecular weight excluding hydrogens is 1120 g/mol. The zero-order chi connectivity index (χ0) is 52.3. The van der Waals surface area contributed by atoms with E-state index in [-0.39, 0.29) is 37.3 Å². The molecule has 0 N–H and O–H groups in total. The number of nitrogens with zero attached hydrogens (tertiary/aromatic N) is 4. The van der Waals surface area contributed by atoms with Crippen LogP contribution in [0.2, 0.25) is 0 Å². The van der Waals surface area contributed by atoms with Crippen LogP contribution in [0, 0.1) is 18.8 Å². The molecule has 0 fully saturated rings. The number of pyridine rings is 1. The van der Waals surface area contributed by atoms with Gasteiger partial charge in [-0.05, 0) is 84.5 Å². The van der Waals surface area contributed by atoms with Crippen molar-refractivity contribution in [3.05, 3.63) is 224 Å². The van der Waals surface area contributed by atoms with Crippen LogP contribution in [0.1, 0.15) is 79.0 Å². The minimum atomic E-state index is -0.105. The van der Waals surface area contributed by atoms with E-state index in [1.54, 1.807) is 0 Å². The molecule has 0 saturated carbocycles. The molecule has 1 aliphatic rings. The van der Waals surface area contributed by atoms with Gasteiger partial charge in [-0.15, -0.1) is 42.7 Å². The summed E-state index contributed by atoms with van der Waals surface area (Å²) >= 11 is 0. The average molecular weight is 1180 g/mol. The molecule has 77 heavy (non-hydrogen) atoms. The molecule has 1 aliphatic heterocycles. The summed E-state index contributed by atoms with van der Waals surface area (Å²) in [6, 6.07) is 72.3. The molecule has 13 rings (SSSR count). The van der Waals surface area contributed by atoms with Gasteiger partial charge in [-0.3, -0.25) is 0 Å². The van der Waals surface area contributed by atoms with E-state index in [0.717, 1.165) is 94.4 Å². The smallest absolute Gasteiger partial charge is 0.143 e. The van der Waals surface area contributed by atoms with E-state index in [0.29, 0.717) is 11.5 Å². The van der Waals surface area contributed by atoms with E-state index in [2.05, 4.69) is 259 Å². The second-order valence-electron chi connectivity index (χ2n) is 23.4. The van der Waals surface area contributed by atoms with Gasteiger partial charge in [-0.25, -0.2) is 4.98 Å². The second-order valence-corrected chi connectivity index (χ2v) is 23.4. The van der Waals surface area contributed by atoms with Gasteiger partial charge in [-0.2, -0.15) is 12.1 Å². The summed E-state index contributed by atoms with van der Waals surface area (Å²) < 4.78 is 16.1. The molecule has 6 nitrogen and oxygen atoms in total. The summed E-state index contributed by atoms with van der Waals surface area (Å²) in [5.41, 5.74) is 15.7. The first kappa shape index (κ1) is 49.9. The summed E-state index contributed by atoms with van der Waals surface area (Å²) in [5.74, 6) is 1.90. The van der Waals surface area contributed by atoms with Crippen molar-refractivity contribution in [1.29, 1.82) is 0 Å². The topological polar surface area (TPSA) is 46.7 Å². The first-order valence-electron chi connectivity index (χ1n) is 26.4. The van der Waals surface area contributed by atoms with Crippen LogP contribution in [-0.2, 0) is 37.3 Å². The number of benzene rings is 9. The molecule has 0 aliphatic carbocycles. The predicted molar refractivity (Wildman–Crippen MR) is 316 cm³/mol. The van der Waals surface area contributed by atoms with Crippen molar-refractivity contribution in [2.45, 2.75) is 78.6 Å². The standard InChI is InChI=1S/C70H59N4O2.Pt/c1-68(2,3)46-35-36-71-62(40-46)74-61-42-51(33-34-58(61)67-65(74)63-56-27-15-13-25-54(56)55-26-14-16-28-57(55)66(63)76-67)75-50-24-19-23-49(41-50)72-43-73(60-32-18-17-31-59(60)72)64-52(44-21-11-10-12-22-44)29-20-30-53(64)45-37-47(69(4,5)6)39-48(38-45)70(7,8)9;/h10-40,43H,1-9H3;/q-3;. The van der Waals surface area contributed by atoms with E-state index >= 15 is 0 Å². The quantitative estimate of drug-likeness (QED) is 0.118. The molecule has 0 radical (unpaired) electrons. The zero-order valence-corrected chi connectivity index (χ0v) is 47.2. The molecule has 0 amide bonds. The van der Waals surface area contributed by atoms with Crippen molar-refractivity contribution in [1.82, 2.24) is 9.55 Å². The fourth-order valence-electron chi connectivity index (χ4n) is 11.1. The van der Waals surface area contributed by atoms with Crippen LogP contribution in [0.3, 0.4) is 0 Å². The number of hydrogen-bond acceptors (Lipinski definition) is 5. The average Bonchev–Trinajstić information content (AvgIpc) is 4.32. The molecule has 12 aromatic rings. The van der Waals surface area contributed by atoms with E-state index in [1.165, 1.54) is 27.6 Å². The van der Waals surface area contributed by atoms with Crippen molar-refractivity contribution in [3.8, 4) is 39.6 Å². The first-order valence-corrected chi connectivity index (χ1v) is 26.4. The molecule has 0 bridgehead atoms. The summed E-state index contributed by atoms with van der Waals surface area (Å²) in [6.07, 6.45) is 1.91. The third-order valence-electron chi connectivity index (χ3n) is 15.2. The Hall–Kier alpha value is -7.92. The molecule has 3 aromatic heterocycles. The van der Waals surface area contributed by atoms with Crippen LogP contribution in [0.4, 0.5) is 22.7 Å². The molecule has 7 heteroatoms. The van der Waals surface area contributed by atoms with Gasteiger partial charge in [0.15, 0.2) is 0 Å². The Morgan fingerprint density at radius 3 is 1.75 bits per heavy atom. The maximum Gasteiger partial charge on any atom is 0.143 e. The number of para-hydroxylation sites is 3. The monoisotopic (exact) mass is 1180 g/mol. The summed E-state index contributed by atoms with van der Waals surface area (Å²) in [7, 11) is 0. The molecule has 4 heterocycles. The molecular formula is C70H59N4O2Pt-3.